The van der Waals surface area contributed by atoms with Crippen molar-refractivity contribution in [1.82, 2.24) is 9.88 Å². The first-order chi connectivity index (χ1) is 10.3. The Morgan fingerprint density at radius 3 is 2.52 bits per heavy atom. The van der Waals surface area contributed by atoms with E-state index in [9.17, 15) is 4.79 Å². The van der Waals surface area contributed by atoms with E-state index >= 15 is 0 Å². The largest absolute Gasteiger partial charge is 0.396 e. The van der Waals surface area contributed by atoms with E-state index in [0.29, 0.717) is 5.56 Å². The number of hydrogen-bond donors (Lipinski definition) is 2. The van der Waals surface area contributed by atoms with E-state index in [1.807, 2.05) is 65.5 Å². The number of carbonyl (C=O) groups is 1. The van der Waals surface area contributed by atoms with E-state index in [2.05, 4.69) is 5.32 Å². The van der Waals surface area contributed by atoms with Gasteiger partial charge in [0.1, 0.15) is 0 Å². The molecule has 2 N–H and O–H groups in total. The van der Waals surface area contributed by atoms with Gasteiger partial charge in [-0.1, -0.05) is 12.2 Å². The first-order valence-corrected chi connectivity index (χ1v) is 7.10. The SMILES string of the molecule is O=C(N[C@@H]1C=C[C@H](CO)C1)c1ccc(-n2cccc2)cc1. The molecule has 0 aliphatic heterocycles. The lowest BCUT2D eigenvalue weighted by Crippen LogP contribution is -2.32. The summed E-state index contributed by atoms with van der Waals surface area (Å²) >= 11 is 0. The molecule has 0 saturated heterocycles. The number of amides is 1. The van der Waals surface area contributed by atoms with Crippen LogP contribution in [0.3, 0.4) is 0 Å². The third-order valence-electron chi connectivity index (χ3n) is 3.76. The number of rotatable bonds is 4. The Balaban J connectivity index is 1.64. The Hall–Kier alpha value is -2.33. The van der Waals surface area contributed by atoms with Gasteiger partial charge in [0.15, 0.2) is 0 Å². The highest BCUT2D eigenvalue weighted by Gasteiger charge is 2.20. The first-order valence-electron chi connectivity index (χ1n) is 7.10. The fraction of sp³-hybridized carbons (Fsp3) is 0.235. The predicted molar refractivity (Wildman–Crippen MR) is 81.4 cm³/mol. The summed E-state index contributed by atoms with van der Waals surface area (Å²) in [5.41, 5.74) is 1.67. The van der Waals surface area contributed by atoms with E-state index in [1.54, 1.807) is 0 Å². The quantitative estimate of drug-likeness (QED) is 0.844. The van der Waals surface area contributed by atoms with Crippen LogP contribution in [0.4, 0.5) is 0 Å². The van der Waals surface area contributed by atoms with Gasteiger partial charge in [0.2, 0.25) is 0 Å². The molecule has 1 aromatic heterocycles. The van der Waals surface area contributed by atoms with E-state index in [0.717, 1.165) is 12.1 Å². The number of aliphatic hydroxyl groups is 1. The molecule has 0 saturated carbocycles. The van der Waals surface area contributed by atoms with Crippen LogP contribution in [0.15, 0.2) is 60.9 Å². The van der Waals surface area contributed by atoms with Crippen molar-refractivity contribution in [1.29, 1.82) is 0 Å². The minimum atomic E-state index is -0.0812. The van der Waals surface area contributed by atoms with Crippen molar-refractivity contribution >= 4 is 5.91 Å². The zero-order valence-corrected chi connectivity index (χ0v) is 11.6. The van der Waals surface area contributed by atoms with Crippen molar-refractivity contribution in [3.8, 4) is 5.69 Å². The summed E-state index contributed by atoms with van der Waals surface area (Å²) in [4.78, 5) is 12.2. The summed E-state index contributed by atoms with van der Waals surface area (Å²) in [6, 6.07) is 11.4. The topological polar surface area (TPSA) is 54.3 Å². The smallest absolute Gasteiger partial charge is 0.251 e. The molecule has 2 aromatic rings. The highest BCUT2D eigenvalue weighted by Crippen LogP contribution is 2.17. The number of hydrogen-bond acceptors (Lipinski definition) is 2. The Morgan fingerprint density at radius 1 is 1.19 bits per heavy atom. The van der Waals surface area contributed by atoms with Gasteiger partial charge >= 0.3 is 0 Å². The molecule has 1 aromatic carbocycles. The van der Waals surface area contributed by atoms with Crippen LogP contribution in [0.25, 0.3) is 5.69 Å². The van der Waals surface area contributed by atoms with Crippen molar-refractivity contribution in [3.05, 3.63) is 66.5 Å². The normalized spacial score (nSPS) is 20.6. The van der Waals surface area contributed by atoms with Crippen LogP contribution in [-0.2, 0) is 0 Å². The molecule has 21 heavy (non-hydrogen) atoms. The molecule has 1 aliphatic rings. The number of benzene rings is 1. The van der Waals surface area contributed by atoms with Crippen LogP contribution in [0.5, 0.6) is 0 Å². The Kier molecular flexibility index (Phi) is 3.88. The van der Waals surface area contributed by atoms with Gasteiger partial charge in [-0.3, -0.25) is 4.79 Å². The van der Waals surface area contributed by atoms with E-state index in [-0.39, 0.29) is 24.5 Å². The molecule has 0 unspecified atom stereocenters. The molecule has 1 heterocycles. The highest BCUT2D eigenvalue weighted by molar-refractivity contribution is 5.94. The van der Waals surface area contributed by atoms with Crippen LogP contribution >= 0.6 is 0 Å². The van der Waals surface area contributed by atoms with Gasteiger partial charge in [0.25, 0.3) is 5.91 Å². The average Bonchev–Trinajstić information content (AvgIpc) is 3.19. The molecule has 4 heteroatoms. The van der Waals surface area contributed by atoms with Gasteiger partial charge < -0.3 is 15.0 Å². The van der Waals surface area contributed by atoms with Gasteiger partial charge in [-0.25, -0.2) is 0 Å². The fourth-order valence-electron chi connectivity index (χ4n) is 2.56. The fourth-order valence-corrected chi connectivity index (χ4v) is 2.56. The summed E-state index contributed by atoms with van der Waals surface area (Å²) in [5.74, 6) is 0.0775. The minimum absolute atomic E-state index is 0.0128. The molecular weight excluding hydrogens is 264 g/mol. The number of nitrogens with one attached hydrogen (secondary N) is 1. The molecule has 1 amide bonds. The summed E-state index contributed by atoms with van der Waals surface area (Å²) < 4.78 is 1.99. The first kappa shape index (κ1) is 13.6. The lowest BCUT2D eigenvalue weighted by molar-refractivity contribution is 0.0941. The molecule has 0 radical (unpaired) electrons. The monoisotopic (exact) mass is 282 g/mol. The van der Waals surface area contributed by atoms with Crippen molar-refractivity contribution in [3.63, 3.8) is 0 Å². The van der Waals surface area contributed by atoms with Crippen molar-refractivity contribution in [2.24, 2.45) is 5.92 Å². The van der Waals surface area contributed by atoms with Crippen LogP contribution in [0.2, 0.25) is 0 Å². The minimum Gasteiger partial charge on any atom is -0.396 e. The molecular formula is C17H18N2O2. The number of carbonyl (C=O) groups excluding carboxylic acids is 1. The third-order valence-corrected chi connectivity index (χ3v) is 3.76. The molecule has 2 atom stereocenters. The zero-order chi connectivity index (χ0) is 14.7. The summed E-state index contributed by atoms with van der Waals surface area (Å²) in [6.45, 7) is 0.133. The lowest BCUT2D eigenvalue weighted by atomic mass is 10.1. The van der Waals surface area contributed by atoms with Crippen LogP contribution in [-0.4, -0.2) is 28.2 Å². The number of aliphatic hydroxyl groups excluding tert-OH is 1. The summed E-state index contributed by atoms with van der Waals surface area (Å²) in [7, 11) is 0. The Morgan fingerprint density at radius 2 is 1.90 bits per heavy atom. The molecule has 0 fully saturated rings. The van der Waals surface area contributed by atoms with E-state index in [4.69, 9.17) is 5.11 Å². The maximum atomic E-state index is 12.2. The van der Waals surface area contributed by atoms with Crippen molar-refractivity contribution < 1.29 is 9.90 Å². The van der Waals surface area contributed by atoms with Gasteiger partial charge in [-0.05, 0) is 42.8 Å². The third kappa shape index (κ3) is 3.06. The highest BCUT2D eigenvalue weighted by atomic mass is 16.3. The standard InChI is InChI=1S/C17H18N2O2/c20-12-13-3-6-15(11-13)18-17(21)14-4-7-16(8-5-14)19-9-1-2-10-19/h1-10,13,15,20H,11-12H2,(H,18,21)/t13-,15+/m0/s1. The van der Waals surface area contributed by atoms with Crippen molar-refractivity contribution in [2.75, 3.05) is 6.61 Å². The van der Waals surface area contributed by atoms with E-state index < -0.39 is 0 Å². The average molecular weight is 282 g/mol. The molecule has 1 aliphatic carbocycles. The maximum absolute atomic E-state index is 12.2. The Labute approximate surface area is 123 Å². The number of aromatic nitrogens is 1. The van der Waals surface area contributed by atoms with Crippen LogP contribution in [0, 0.1) is 5.92 Å². The van der Waals surface area contributed by atoms with Gasteiger partial charge in [-0.2, -0.15) is 0 Å². The predicted octanol–water partition coefficient (Wildman–Crippen LogP) is 2.14. The molecule has 3 rings (SSSR count). The van der Waals surface area contributed by atoms with Crippen molar-refractivity contribution in [2.45, 2.75) is 12.5 Å². The van der Waals surface area contributed by atoms with Gasteiger partial charge in [0, 0.05) is 42.2 Å². The summed E-state index contributed by atoms with van der Waals surface area (Å²) in [5, 5.41) is 12.1. The van der Waals surface area contributed by atoms with Crippen LogP contribution in [0.1, 0.15) is 16.8 Å². The Bertz CT molecular complexity index is 629. The second-order valence-electron chi connectivity index (χ2n) is 5.28. The lowest BCUT2D eigenvalue weighted by Gasteiger charge is -2.13. The maximum Gasteiger partial charge on any atom is 0.251 e. The van der Waals surface area contributed by atoms with E-state index in [1.165, 1.54) is 0 Å². The van der Waals surface area contributed by atoms with Gasteiger partial charge in [0.05, 0.1) is 0 Å². The number of nitrogens with zero attached hydrogens (tertiary/aromatic N) is 1. The second-order valence-corrected chi connectivity index (χ2v) is 5.28. The van der Waals surface area contributed by atoms with Gasteiger partial charge in [-0.15, -0.1) is 0 Å². The molecule has 0 bridgehead atoms. The molecule has 108 valence electrons. The molecule has 0 spiro atoms. The second kappa shape index (κ2) is 5.97. The van der Waals surface area contributed by atoms with Crippen LogP contribution < -0.4 is 5.32 Å². The molecule has 4 nitrogen and oxygen atoms in total. The zero-order valence-electron chi connectivity index (χ0n) is 11.6. The summed E-state index contributed by atoms with van der Waals surface area (Å²) in [6.07, 6.45) is 8.61.